The summed E-state index contributed by atoms with van der Waals surface area (Å²) < 4.78 is 0. The van der Waals surface area contributed by atoms with E-state index in [0.717, 1.165) is 5.06 Å². The maximum atomic E-state index is 10.6. The van der Waals surface area contributed by atoms with Crippen molar-refractivity contribution in [3.05, 3.63) is 0 Å². The van der Waals surface area contributed by atoms with E-state index in [1.54, 1.807) is 0 Å². The molecule has 6 nitrogen and oxygen atoms in total. The van der Waals surface area contributed by atoms with Crippen LogP contribution in [0.1, 0.15) is 12.8 Å². The first-order valence-electron chi connectivity index (χ1n) is 3.96. The number of carbonyl (C=O) groups is 2. The second-order valence-corrected chi connectivity index (χ2v) is 2.76. The number of carboxylic acids is 1. The fourth-order valence-electron chi connectivity index (χ4n) is 1.26. The standard InChI is InChI=1S/C7H11NO5/c9-4-6(10)13-8-3-1-2-5(8)7(11)12/h5,9H,1-4H2,(H,11,12)/t5-/m0/s1. The molecule has 2 N–H and O–H groups in total. The van der Waals surface area contributed by atoms with Crippen molar-refractivity contribution in [3.63, 3.8) is 0 Å². The van der Waals surface area contributed by atoms with Crippen molar-refractivity contribution in [2.75, 3.05) is 13.2 Å². The first kappa shape index (κ1) is 9.94. The van der Waals surface area contributed by atoms with Gasteiger partial charge in [0.1, 0.15) is 12.6 Å². The number of hydrogen-bond donors (Lipinski definition) is 2. The summed E-state index contributed by atoms with van der Waals surface area (Å²) in [4.78, 5) is 25.8. The Kier molecular flexibility index (Phi) is 3.21. The number of nitrogens with zero attached hydrogens (tertiary/aromatic N) is 1. The van der Waals surface area contributed by atoms with Gasteiger partial charge in [-0.1, -0.05) is 0 Å². The number of rotatable bonds is 3. The summed E-state index contributed by atoms with van der Waals surface area (Å²) in [5.74, 6) is -1.84. The molecule has 1 fully saturated rings. The van der Waals surface area contributed by atoms with Crippen molar-refractivity contribution >= 4 is 11.9 Å². The maximum absolute atomic E-state index is 10.6. The highest BCUT2D eigenvalue weighted by Crippen LogP contribution is 2.17. The van der Waals surface area contributed by atoms with Gasteiger partial charge >= 0.3 is 11.9 Å². The van der Waals surface area contributed by atoms with Crippen LogP contribution in [0.3, 0.4) is 0 Å². The Labute approximate surface area is 74.7 Å². The molecule has 1 aliphatic heterocycles. The van der Waals surface area contributed by atoms with Crippen LogP contribution in [0.15, 0.2) is 0 Å². The molecular formula is C7H11NO5. The molecule has 6 heteroatoms. The fraction of sp³-hybridized carbons (Fsp3) is 0.714. The molecule has 0 unspecified atom stereocenters. The van der Waals surface area contributed by atoms with Gasteiger partial charge in [0.15, 0.2) is 0 Å². The molecule has 0 aliphatic carbocycles. The van der Waals surface area contributed by atoms with Gasteiger partial charge in [-0.05, 0) is 12.8 Å². The Balaban J connectivity index is 2.48. The van der Waals surface area contributed by atoms with Crippen LogP contribution in [0, 0.1) is 0 Å². The van der Waals surface area contributed by atoms with Crippen molar-refractivity contribution in [1.82, 2.24) is 5.06 Å². The van der Waals surface area contributed by atoms with Gasteiger partial charge < -0.3 is 15.1 Å². The zero-order valence-electron chi connectivity index (χ0n) is 6.97. The van der Waals surface area contributed by atoms with Crippen LogP contribution in [0.5, 0.6) is 0 Å². The molecule has 0 aromatic heterocycles. The third-order valence-electron chi connectivity index (χ3n) is 1.84. The molecule has 0 aromatic rings. The number of aliphatic carboxylic acids is 1. The quantitative estimate of drug-likeness (QED) is 0.591. The Morgan fingerprint density at radius 1 is 1.54 bits per heavy atom. The number of aliphatic hydroxyl groups is 1. The highest BCUT2D eigenvalue weighted by Gasteiger charge is 2.33. The summed E-state index contributed by atoms with van der Waals surface area (Å²) in [6.45, 7) is -0.328. The summed E-state index contributed by atoms with van der Waals surface area (Å²) in [7, 11) is 0. The Morgan fingerprint density at radius 3 is 2.77 bits per heavy atom. The Bertz CT molecular complexity index is 217. The van der Waals surface area contributed by atoms with Crippen LogP contribution in [0.25, 0.3) is 0 Å². The van der Waals surface area contributed by atoms with Crippen LogP contribution >= 0.6 is 0 Å². The zero-order valence-corrected chi connectivity index (χ0v) is 6.97. The average Bonchev–Trinajstić information content (AvgIpc) is 2.52. The minimum absolute atomic E-state index is 0.405. The molecule has 0 bridgehead atoms. The van der Waals surface area contributed by atoms with Crippen LogP contribution in [-0.2, 0) is 14.4 Å². The van der Waals surface area contributed by atoms with E-state index in [1.807, 2.05) is 0 Å². The normalized spacial score (nSPS) is 23.0. The molecule has 0 radical (unpaired) electrons. The van der Waals surface area contributed by atoms with Gasteiger partial charge in [0, 0.05) is 6.54 Å². The van der Waals surface area contributed by atoms with Crippen molar-refractivity contribution in [2.24, 2.45) is 0 Å². The predicted molar refractivity (Wildman–Crippen MR) is 40.5 cm³/mol. The van der Waals surface area contributed by atoms with Crippen LogP contribution < -0.4 is 0 Å². The van der Waals surface area contributed by atoms with E-state index in [2.05, 4.69) is 4.84 Å². The van der Waals surface area contributed by atoms with E-state index in [-0.39, 0.29) is 0 Å². The van der Waals surface area contributed by atoms with Crippen molar-refractivity contribution in [1.29, 1.82) is 0 Å². The van der Waals surface area contributed by atoms with Gasteiger partial charge in [-0.3, -0.25) is 4.79 Å². The molecule has 0 aromatic carbocycles. The van der Waals surface area contributed by atoms with Crippen molar-refractivity contribution in [3.8, 4) is 0 Å². The lowest BCUT2D eigenvalue weighted by molar-refractivity contribution is -0.201. The van der Waals surface area contributed by atoms with E-state index in [9.17, 15) is 9.59 Å². The molecule has 1 heterocycles. The van der Waals surface area contributed by atoms with Crippen LogP contribution in [0.4, 0.5) is 0 Å². The molecule has 1 aliphatic rings. The largest absolute Gasteiger partial charge is 0.480 e. The van der Waals surface area contributed by atoms with Crippen molar-refractivity contribution < 1.29 is 24.6 Å². The fourth-order valence-corrected chi connectivity index (χ4v) is 1.26. The molecule has 0 amide bonds. The lowest BCUT2D eigenvalue weighted by Gasteiger charge is -2.18. The third-order valence-corrected chi connectivity index (χ3v) is 1.84. The second kappa shape index (κ2) is 4.20. The molecular weight excluding hydrogens is 178 g/mol. The minimum Gasteiger partial charge on any atom is -0.480 e. The van der Waals surface area contributed by atoms with Gasteiger partial charge in [-0.2, -0.15) is 0 Å². The van der Waals surface area contributed by atoms with Gasteiger partial charge in [-0.25, -0.2) is 4.79 Å². The number of carbonyl (C=O) groups excluding carboxylic acids is 1. The highest BCUT2D eigenvalue weighted by atomic mass is 16.7. The first-order valence-corrected chi connectivity index (χ1v) is 3.96. The smallest absolute Gasteiger partial charge is 0.350 e. The minimum atomic E-state index is -1.01. The van der Waals surface area contributed by atoms with Gasteiger partial charge in [0.25, 0.3) is 0 Å². The zero-order chi connectivity index (χ0) is 9.84. The average molecular weight is 189 g/mol. The summed E-state index contributed by atoms with van der Waals surface area (Å²) in [6.07, 6.45) is 1.14. The van der Waals surface area contributed by atoms with Crippen LogP contribution in [0.2, 0.25) is 0 Å². The summed E-state index contributed by atoms with van der Waals surface area (Å²) >= 11 is 0. The third kappa shape index (κ3) is 2.40. The highest BCUT2D eigenvalue weighted by molar-refractivity contribution is 5.74. The molecule has 13 heavy (non-hydrogen) atoms. The molecule has 1 saturated heterocycles. The molecule has 0 saturated carbocycles. The summed E-state index contributed by atoms with van der Waals surface area (Å²) in [5.41, 5.74) is 0. The monoisotopic (exact) mass is 189 g/mol. The molecule has 74 valence electrons. The molecule has 1 atom stereocenters. The lowest BCUT2D eigenvalue weighted by atomic mass is 10.2. The van der Waals surface area contributed by atoms with Crippen LogP contribution in [-0.4, -0.2) is 46.4 Å². The first-order chi connectivity index (χ1) is 6.15. The van der Waals surface area contributed by atoms with E-state index < -0.39 is 24.6 Å². The summed E-state index contributed by atoms with van der Waals surface area (Å²) in [5, 5.41) is 18.1. The van der Waals surface area contributed by atoms with E-state index in [1.165, 1.54) is 0 Å². The number of hydrogen-bond acceptors (Lipinski definition) is 5. The number of carboxylic acid groups (broad SMARTS) is 1. The summed E-state index contributed by atoms with van der Waals surface area (Å²) in [6, 6.07) is -0.768. The number of hydroxylamine groups is 2. The maximum Gasteiger partial charge on any atom is 0.350 e. The predicted octanol–water partition coefficient (Wildman–Crippen LogP) is -1.01. The van der Waals surface area contributed by atoms with E-state index in [4.69, 9.17) is 10.2 Å². The van der Waals surface area contributed by atoms with Crippen molar-refractivity contribution in [2.45, 2.75) is 18.9 Å². The topological polar surface area (TPSA) is 87.1 Å². The molecule has 1 rings (SSSR count). The van der Waals surface area contributed by atoms with Gasteiger partial charge in [0.05, 0.1) is 0 Å². The lowest BCUT2D eigenvalue weighted by Crippen LogP contribution is -2.38. The molecule has 0 spiro atoms. The van der Waals surface area contributed by atoms with Gasteiger partial charge in [0.2, 0.25) is 0 Å². The Morgan fingerprint density at radius 2 is 2.23 bits per heavy atom. The second-order valence-electron chi connectivity index (χ2n) is 2.76. The van der Waals surface area contributed by atoms with Gasteiger partial charge in [-0.15, -0.1) is 5.06 Å². The van der Waals surface area contributed by atoms with E-state index >= 15 is 0 Å². The SMILES string of the molecule is O=C(CO)ON1CCC[C@H]1C(=O)O. The van der Waals surface area contributed by atoms with E-state index in [0.29, 0.717) is 19.4 Å². The Hall–Kier alpha value is -1.14. The number of aliphatic hydroxyl groups excluding tert-OH is 1.